The Morgan fingerprint density at radius 3 is 2.81 bits per heavy atom. The number of benzene rings is 1. The lowest BCUT2D eigenvalue weighted by Crippen LogP contribution is -2.44. The number of hydrogen-bond acceptors (Lipinski definition) is 4. The molecule has 1 aromatic heterocycles. The first kappa shape index (κ1) is 20.5. The first-order valence-electron chi connectivity index (χ1n) is 11.9. The Hall–Kier alpha value is -2.40. The van der Waals surface area contributed by atoms with E-state index in [2.05, 4.69) is 15.2 Å². The van der Waals surface area contributed by atoms with Gasteiger partial charge in [0.25, 0.3) is 0 Å². The van der Waals surface area contributed by atoms with Gasteiger partial charge >= 0.3 is 0 Å². The van der Waals surface area contributed by atoms with Gasteiger partial charge in [0.05, 0.1) is 12.3 Å². The van der Waals surface area contributed by atoms with E-state index in [-0.39, 0.29) is 5.91 Å². The van der Waals surface area contributed by atoms with E-state index in [9.17, 15) is 4.79 Å². The number of amides is 1. The molecule has 5 nitrogen and oxygen atoms in total. The SMILES string of the molecule is O=C1C[C@@H]2CCN(CC3CCCC3)C[C@@H]2CCOc2ccc(-c3cccnc3)cc2N1. The lowest BCUT2D eigenvalue weighted by Gasteiger charge is -2.40. The maximum absolute atomic E-state index is 12.9. The molecule has 1 amide bonds. The van der Waals surface area contributed by atoms with E-state index in [1.807, 2.05) is 36.5 Å². The number of rotatable bonds is 3. The first-order chi connectivity index (χ1) is 15.2. The molecule has 2 atom stereocenters. The van der Waals surface area contributed by atoms with Crippen LogP contribution in [0.1, 0.15) is 44.9 Å². The number of ether oxygens (including phenoxy) is 1. The van der Waals surface area contributed by atoms with Crippen LogP contribution in [0.25, 0.3) is 11.1 Å². The van der Waals surface area contributed by atoms with E-state index >= 15 is 0 Å². The maximum atomic E-state index is 12.9. The minimum atomic E-state index is 0.106. The zero-order valence-corrected chi connectivity index (χ0v) is 18.3. The Bertz CT molecular complexity index is 895. The molecule has 3 heterocycles. The molecule has 2 aromatic rings. The van der Waals surface area contributed by atoms with E-state index in [0.29, 0.717) is 24.9 Å². The van der Waals surface area contributed by atoms with Crippen molar-refractivity contribution < 1.29 is 9.53 Å². The van der Waals surface area contributed by atoms with Crippen molar-refractivity contribution in [2.45, 2.75) is 44.9 Å². The molecule has 31 heavy (non-hydrogen) atoms. The van der Waals surface area contributed by atoms with Crippen molar-refractivity contribution in [2.24, 2.45) is 17.8 Å². The van der Waals surface area contributed by atoms with E-state index < -0.39 is 0 Å². The number of carbonyl (C=O) groups excluding carboxylic acids is 1. The molecule has 3 aliphatic rings. The van der Waals surface area contributed by atoms with Gasteiger partial charge < -0.3 is 15.0 Å². The summed E-state index contributed by atoms with van der Waals surface area (Å²) in [7, 11) is 0. The molecular formula is C26H33N3O2. The average molecular weight is 420 g/mol. The van der Waals surface area contributed by atoms with Crippen LogP contribution in [0.15, 0.2) is 42.7 Å². The van der Waals surface area contributed by atoms with E-state index in [4.69, 9.17) is 4.74 Å². The van der Waals surface area contributed by atoms with Crippen LogP contribution in [0, 0.1) is 17.8 Å². The molecule has 164 valence electrons. The van der Waals surface area contributed by atoms with Crippen LogP contribution in [-0.4, -0.2) is 42.0 Å². The fourth-order valence-electron chi connectivity index (χ4n) is 5.70. The van der Waals surface area contributed by atoms with Gasteiger partial charge in [-0.1, -0.05) is 25.0 Å². The molecule has 0 unspecified atom stereocenters. The van der Waals surface area contributed by atoms with Gasteiger partial charge in [-0.05, 0) is 73.7 Å². The Kier molecular flexibility index (Phi) is 6.21. The zero-order valence-electron chi connectivity index (χ0n) is 18.3. The predicted octanol–water partition coefficient (Wildman–Crippen LogP) is 4.99. The lowest BCUT2D eigenvalue weighted by atomic mass is 9.80. The molecular weight excluding hydrogens is 386 g/mol. The number of nitrogens with zero attached hydrogens (tertiary/aromatic N) is 2. The summed E-state index contributed by atoms with van der Waals surface area (Å²) in [6.45, 7) is 4.20. The summed E-state index contributed by atoms with van der Waals surface area (Å²) in [5, 5.41) is 3.15. The van der Waals surface area contributed by atoms with Crippen LogP contribution >= 0.6 is 0 Å². The number of likely N-dealkylation sites (tertiary alicyclic amines) is 1. The molecule has 5 rings (SSSR count). The van der Waals surface area contributed by atoms with Crippen molar-refractivity contribution in [3.05, 3.63) is 42.7 Å². The topological polar surface area (TPSA) is 54.5 Å². The summed E-state index contributed by atoms with van der Waals surface area (Å²) in [4.78, 5) is 19.8. The molecule has 2 fully saturated rings. The van der Waals surface area contributed by atoms with Gasteiger partial charge in [-0.2, -0.15) is 0 Å². The number of pyridine rings is 1. The fourth-order valence-corrected chi connectivity index (χ4v) is 5.70. The van der Waals surface area contributed by atoms with Crippen LogP contribution in [0.4, 0.5) is 5.69 Å². The van der Waals surface area contributed by atoms with Crippen LogP contribution in [0.2, 0.25) is 0 Å². The Morgan fingerprint density at radius 1 is 1.06 bits per heavy atom. The van der Waals surface area contributed by atoms with Crippen LogP contribution in [-0.2, 0) is 4.79 Å². The molecule has 1 N–H and O–H groups in total. The molecule has 0 spiro atoms. The largest absolute Gasteiger partial charge is 0.491 e. The summed E-state index contributed by atoms with van der Waals surface area (Å²) in [6, 6.07) is 9.98. The van der Waals surface area contributed by atoms with Gasteiger partial charge in [-0.3, -0.25) is 9.78 Å². The first-order valence-corrected chi connectivity index (χ1v) is 11.9. The summed E-state index contributed by atoms with van der Waals surface area (Å²) < 4.78 is 6.17. The van der Waals surface area contributed by atoms with Crippen molar-refractivity contribution >= 4 is 11.6 Å². The zero-order chi connectivity index (χ0) is 21.0. The maximum Gasteiger partial charge on any atom is 0.224 e. The highest BCUT2D eigenvalue weighted by Gasteiger charge is 2.32. The lowest BCUT2D eigenvalue weighted by molar-refractivity contribution is -0.118. The molecule has 1 saturated carbocycles. The third-order valence-electron chi connectivity index (χ3n) is 7.41. The number of carbonyl (C=O) groups is 1. The number of piperidine rings is 1. The van der Waals surface area contributed by atoms with Crippen LogP contribution < -0.4 is 10.1 Å². The monoisotopic (exact) mass is 419 g/mol. The smallest absolute Gasteiger partial charge is 0.224 e. The Labute approximate surface area is 185 Å². The minimum Gasteiger partial charge on any atom is -0.491 e. The number of anilines is 1. The highest BCUT2D eigenvalue weighted by molar-refractivity contribution is 5.93. The Morgan fingerprint density at radius 2 is 1.97 bits per heavy atom. The van der Waals surface area contributed by atoms with E-state index in [0.717, 1.165) is 54.4 Å². The van der Waals surface area contributed by atoms with Gasteiger partial charge in [0.2, 0.25) is 5.91 Å². The van der Waals surface area contributed by atoms with Gasteiger partial charge in [0.1, 0.15) is 5.75 Å². The fraction of sp³-hybridized carbons (Fsp3) is 0.538. The van der Waals surface area contributed by atoms with Gasteiger partial charge in [0.15, 0.2) is 0 Å². The van der Waals surface area contributed by atoms with Crippen molar-refractivity contribution in [1.29, 1.82) is 0 Å². The van der Waals surface area contributed by atoms with Crippen LogP contribution in [0.5, 0.6) is 5.75 Å². The second-order valence-electron chi connectivity index (χ2n) is 9.56. The standard InChI is InChI=1S/C26H33N3O2/c30-26-15-21-9-12-29(17-19-4-1-2-5-19)18-23(21)10-13-31-25-8-7-20(14-24(25)28-26)22-6-3-11-27-16-22/h3,6-8,11,14,16,19,21,23H,1-2,4-5,9-10,12-13,15,17-18H2,(H,28,30)/t21-,23-/m0/s1. The predicted molar refractivity (Wildman–Crippen MR) is 123 cm³/mol. The molecule has 1 aliphatic carbocycles. The summed E-state index contributed by atoms with van der Waals surface area (Å²) >= 11 is 0. The summed E-state index contributed by atoms with van der Waals surface area (Å²) in [5.74, 6) is 2.74. The third kappa shape index (κ3) is 4.93. The number of hydrogen-bond donors (Lipinski definition) is 1. The second-order valence-corrected chi connectivity index (χ2v) is 9.56. The number of nitrogens with one attached hydrogen (secondary N) is 1. The third-order valence-corrected chi connectivity index (χ3v) is 7.41. The molecule has 0 bridgehead atoms. The van der Waals surface area contributed by atoms with Gasteiger partial charge in [-0.15, -0.1) is 0 Å². The molecule has 2 aliphatic heterocycles. The summed E-state index contributed by atoms with van der Waals surface area (Å²) in [6.07, 6.45) is 12.0. The second kappa shape index (κ2) is 9.39. The highest BCUT2D eigenvalue weighted by Crippen LogP contribution is 2.36. The normalized spacial score (nSPS) is 25.2. The molecule has 1 saturated heterocycles. The number of fused-ring (bicyclic) bond motifs is 2. The minimum absolute atomic E-state index is 0.106. The number of aromatic nitrogens is 1. The Balaban J connectivity index is 1.29. The van der Waals surface area contributed by atoms with Crippen molar-refractivity contribution in [3.63, 3.8) is 0 Å². The van der Waals surface area contributed by atoms with Crippen molar-refractivity contribution in [3.8, 4) is 16.9 Å². The highest BCUT2D eigenvalue weighted by atomic mass is 16.5. The summed E-state index contributed by atoms with van der Waals surface area (Å²) in [5.41, 5.74) is 2.83. The van der Waals surface area contributed by atoms with Gasteiger partial charge in [0, 0.05) is 37.5 Å². The molecule has 1 aromatic carbocycles. The van der Waals surface area contributed by atoms with E-state index in [1.165, 1.54) is 32.2 Å². The molecule has 5 heteroatoms. The van der Waals surface area contributed by atoms with Crippen molar-refractivity contribution in [1.82, 2.24) is 9.88 Å². The molecule has 0 radical (unpaired) electrons. The average Bonchev–Trinajstić information content (AvgIpc) is 3.30. The van der Waals surface area contributed by atoms with Crippen LogP contribution in [0.3, 0.4) is 0 Å². The quantitative estimate of drug-likeness (QED) is 0.762. The van der Waals surface area contributed by atoms with Crippen molar-refractivity contribution in [2.75, 3.05) is 31.6 Å². The van der Waals surface area contributed by atoms with E-state index in [1.54, 1.807) is 6.20 Å². The van der Waals surface area contributed by atoms with Gasteiger partial charge in [-0.25, -0.2) is 0 Å².